The predicted molar refractivity (Wildman–Crippen MR) is 107 cm³/mol. The number of nitrogens with one attached hydrogen (secondary N) is 1. The molecule has 0 spiro atoms. The molecule has 0 radical (unpaired) electrons. The molecule has 0 saturated carbocycles. The smallest absolute Gasteiger partial charge is 0.244 e. The maximum atomic E-state index is 12.2. The van der Waals surface area contributed by atoms with Crippen molar-refractivity contribution in [3.8, 4) is 17.2 Å². The third-order valence-corrected chi connectivity index (χ3v) is 4.29. The third kappa shape index (κ3) is 4.09. The van der Waals surface area contributed by atoms with Crippen LogP contribution >= 0.6 is 0 Å². The number of carbonyl (C=O) groups is 1. The normalized spacial score (nSPS) is 11.0. The molecule has 2 aromatic heterocycles. The SMILES string of the molecule is COc1cc(/C=C/C(=O)NCc2cn3cccc(C)c3n2)cc(OC)c1OC. The van der Waals surface area contributed by atoms with Crippen LogP contribution in [-0.2, 0) is 11.3 Å². The van der Waals surface area contributed by atoms with Gasteiger partial charge in [0.15, 0.2) is 11.5 Å². The highest BCUT2D eigenvalue weighted by atomic mass is 16.5. The molecule has 1 amide bonds. The van der Waals surface area contributed by atoms with Gasteiger partial charge in [0.05, 0.1) is 33.6 Å². The quantitative estimate of drug-likeness (QED) is 0.637. The Balaban J connectivity index is 1.68. The van der Waals surface area contributed by atoms with Gasteiger partial charge in [0.1, 0.15) is 5.65 Å². The zero-order chi connectivity index (χ0) is 20.1. The molecule has 28 heavy (non-hydrogen) atoms. The standard InChI is InChI=1S/C21H23N3O4/c1-14-6-5-9-24-13-16(23-21(14)24)12-22-19(25)8-7-15-10-17(26-2)20(28-4)18(11-15)27-3/h5-11,13H,12H2,1-4H3,(H,22,25)/b8-7+. The summed E-state index contributed by atoms with van der Waals surface area (Å²) in [4.78, 5) is 16.7. The maximum Gasteiger partial charge on any atom is 0.244 e. The van der Waals surface area contributed by atoms with E-state index in [-0.39, 0.29) is 5.91 Å². The van der Waals surface area contributed by atoms with Crippen LogP contribution in [0.25, 0.3) is 11.7 Å². The van der Waals surface area contributed by atoms with Gasteiger partial charge in [0, 0.05) is 18.5 Å². The third-order valence-electron chi connectivity index (χ3n) is 4.29. The number of fused-ring (bicyclic) bond motifs is 1. The second-order valence-corrected chi connectivity index (χ2v) is 6.16. The fourth-order valence-corrected chi connectivity index (χ4v) is 2.90. The number of amides is 1. The summed E-state index contributed by atoms with van der Waals surface area (Å²) in [6.45, 7) is 2.35. The van der Waals surface area contributed by atoms with Crippen molar-refractivity contribution in [2.24, 2.45) is 0 Å². The topological polar surface area (TPSA) is 74.1 Å². The van der Waals surface area contributed by atoms with Crippen LogP contribution in [0.3, 0.4) is 0 Å². The average Bonchev–Trinajstić information content (AvgIpc) is 3.14. The Morgan fingerprint density at radius 3 is 2.50 bits per heavy atom. The molecule has 1 aromatic carbocycles. The molecule has 146 valence electrons. The molecule has 0 aliphatic carbocycles. The van der Waals surface area contributed by atoms with Crippen molar-refractivity contribution in [3.05, 3.63) is 59.6 Å². The Morgan fingerprint density at radius 1 is 1.18 bits per heavy atom. The first-order chi connectivity index (χ1) is 13.5. The average molecular weight is 381 g/mol. The lowest BCUT2D eigenvalue weighted by atomic mass is 10.1. The Kier molecular flexibility index (Phi) is 5.84. The van der Waals surface area contributed by atoms with E-state index in [4.69, 9.17) is 14.2 Å². The second-order valence-electron chi connectivity index (χ2n) is 6.16. The van der Waals surface area contributed by atoms with Crippen LogP contribution in [0.5, 0.6) is 17.2 Å². The van der Waals surface area contributed by atoms with Crippen LogP contribution in [-0.4, -0.2) is 36.6 Å². The van der Waals surface area contributed by atoms with Crippen molar-refractivity contribution in [1.82, 2.24) is 14.7 Å². The number of rotatable bonds is 7. The molecule has 3 rings (SSSR count). The highest BCUT2D eigenvalue weighted by Gasteiger charge is 2.12. The van der Waals surface area contributed by atoms with Crippen LogP contribution in [0.1, 0.15) is 16.8 Å². The van der Waals surface area contributed by atoms with Gasteiger partial charge in [0.25, 0.3) is 0 Å². The largest absolute Gasteiger partial charge is 0.493 e. The van der Waals surface area contributed by atoms with Crippen molar-refractivity contribution in [2.75, 3.05) is 21.3 Å². The van der Waals surface area contributed by atoms with Crippen LogP contribution in [0.4, 0.5) is 0 Å². The summed E-state index contributed by atoms with van der Waals surface area (Å²) in [5.74, 6) is 1.35. The van der Waals surface area contributed by atoms with Crippen molar-refractivity contribution in [2.45, 2.75) is 13.5 Å². The monoisotopic (exact) mass is 381 g/mol. The van der Waals surface area contributed by atoms with E-state index in [1.165, 1.54) is 6.08 Å². The zero-order valence-corrected chi connectivity index (χ0v) is 16.4. The predicted octanol–water partition coefficient (Wildman–Crippen LogP) is 3.00. The summed E-state index contributed by atoms with van der Waals surface area (Å²) < 4.78 is 17.9. The second kappa shape index (κ2) is 8.47. The van der Waals surface area contributed by atoms with Gasteiger partial charge in [-0.1, -0.05) is 6.07 Å². The lowest BCUT2D eigenvalue weighted by Gasteiger charge is -2.12. The number of ether oxygens (including phenoxy) is 3. The molecule has 0 saturated heterocycles. The number of carbonyl (C=O) groups excluding carboxylic acids is 1. The van der Waals surface area contributed by atoms with Gasteiger partial charge < -0.3 is 23.9 Å². The minimum Gasteiger partial charge on any atom is -0.493 e. The molecule has 1 N–H and O–H groups in total. The molecule has 3 aromatic rings. The van der Waals surface area contributed by atoms with Crippen LogP contribution in [0, 0.1) is 6.92 Å². The molecule has 0 aliphatic rings. The van der Waals surface area contributed by atoms with Gasteiger partial charge >= 0.3 is 0 Å². The van der Waals surface area contributed by atoms with E-state index in [0.29, 0.717) is 23.8 Å². The zero-order valence-electron chi connectivity index (χ0n) is 16.4. The van der Waals surface area contributed by atoms with Crippen molar-refractivity contribution in [1.29, 1.82) is 0 Å². The van der Waals surface area contributed by atoms with E-state index in [1.54, 1.807) is 39.5 Å². The first-order valence-electron chi connectivity index (χ1n) is 8.74. The van der Waals surface area contributed by atoms with E-state index in [0.717, 1.165) is 22.5 Å². The molecule has 0 bridgehead atoms. The summed E-state index contributed by atoms with van der Waals surface area (Å²) in [7, 11) is 4.65. The number of methoxy groups -OCH3 is 3. The van der Waals surface area contributed by atoms with Crippen molar-refractivity contribution in [3.63, 3.8) is 0 Å². The number of benzene rings is 1. The highest BCUT2D eigenvalue weighted by Crippen LogP contribution is 2.38. The van der Waals surface area contributed by atoms with Gasteiger partial charge in [-0.15, -0.1) is 0 Å². The van der Waals surface area contributed by atoms with E-state index in [2.05, 4.69) is 10.3 Å². The van der Waals surface area contributed by atoms with Crippen molar-refractivity contribution >= 4 is 17.6 Å². The Bertz CT molecular complexity index is 999. The van der Waals surface area contributed by atoms with Gasteiger partial charge in [0.2, 0.25) is 11.7 Å². The molecule has 7 nitrogen and oxygen atoms in total. The van der Waals surface area contributed by atoms with E-state index in [9.17, 15) is 4.79 Å². The highest BCUT2D eigenvalue weighted by molar-refractivity contribution is 5.91. The fourth-order valence-electron chi connectivity index (χ4n) is 2.90. The minimum absolute atomic E-state index is 0.220. The number of hydrogen-bond donors (Lipinski definition) is 1. The number of aromatic nitrogens is 2. The van der Waals surface area contributed by atoms with Gasteiger partial charge in [-0.2, -0.15) is 0 Å². The van der Waals surface area contributed by atoms with E-state index < -0.39 is 0 Å². The number of hydrogen-bond acceptors (Lipinski definition) is 5. The Hall–Kier alpha value is -3.48. The minimum atomic E-state index is -0.220. The van der Waals surface area contributed by atoms with Crippen molar-refractivity contribution < 1.29 is 19.0 Å². The lowest BCUT2D eigenvalue weighted by Crippen LogP contribution is -2.20. The summed E-state index contributed by atoms with van der Waals surface area (Å²) in [6.07, 6.45) is 6.99. The lowest BCUT2D eigenvalue weighted by molar-refractivity contribution is -0.116. The van der Waals surface area contributed by atoms with Crippen LogP contribution < -0.4 is 19.5 Å². The molecule has 0 fully saturated rings. The molecular formula is C21H23N3O4. The molecular weight excluding hydrogens is 358 g/mol. The molecule has 0 atom stereocenters. The Morgan fingerprint density at radius 2 is 1.89 bits per heavy atom. The van der Waals surface area contributed by atoms with Gasteiger partial charge in [-0.3, -0.25) is 4.79 Å². The molecule has 0 aliphatic heterocycles. The van der Waals surface area contributed by atoms with E-state index in [1.807, 2.05) is 35.9 Å². The number of nitrogens with zero attached hydrogens (tertiary/aromatic N) is 2. The molecule has 0 unspecified atom stereocenters. The maximum absolute atomic E-state index is 12.2. The van der Waals surface area contributed by atoms with E-state index >= 15 is 0 Å². The van der Waals surface area contributed by atoms with Gasteiger partial charge in [-0.25, -0.2) is 4.98 Å². The summed E-state index contributed by atoms with van der Waals surface area (Å²) in [5.41, 5.74) is 3.53. The molecule has 7 heteroatoms. The molecule has 2 heterocycles. The number of aryl methyl sites for hydroxylation is 1. The fraction of sp³-hybridized carbons (Fsp3) is 0.238. The number of pyridine rings is 1. The number of imidazole rings is 1. The summed E-state index contributed by atoms with van der Waals surface area (Å²) >= 11 is 0. The van der Waals surface area contributed by atoms with Gasteiger partial charge in [-0.05, 0) is 42.3 Å². The first kappa shape index (κ1) is 19.3. The first-order valence-corrected chi connectivity index (χ1v) is 8.74. The van der Waals surface area contributed by atoms with Crippen LogP contribution in [0.15, 0.2) is 42.7 Å². The van der Waals surface area contributed by atoms with Crippen LogP contribution in [0.2, 0.25) is 0 Å². The summed E-state index contributed by atoms with van der Waals surface area (Å²) in [6, 6.07) is 7.52. The summed E-state index contributed by atoms with van der Waals surface area (Å²) in [5, 5.41) is 2.84. The Labute approximate surface area is 163 Å².